The first kappa shape index (κ1) is 20.2. The fourth-order valence-electron chi connectivity index (χ4n) is 3.44. The lowest BCUT2D eigenvalue weighted by Gasteiger charge is -2.17. The second-order valence-electron chi connectivity index (χ2n) is 6.97. The van der Waals surface area contributed by atoms with Crippen LogP contribution < -0.4 is 10.6 Å². The minimum Gasteiger partial charge on any atom is -0.379 e. The number of guanidine groups is 1. The number of hydrogen-bond donors (Lipinski definition) is 2. The van der Waals surface area contributed by atoms with Crippen LogP contribution in [0.25, 0.3) is 0 Å². The van der Waals surface area contributed by atoms with E-state index in [1.807, 2.05) is 7.05 Å². The maximum atomic E-state index is 5.77. The van der Waals surface area contributed by atoms with Crippen LogP contribution in [0.1, 0.15) is 32.1 Å². The van der Waals surface area contributed by atoms with Crippen LogP contribution in [0.4, 0.5) is 0 Å². The molecule has 0 spiro atoms. The van der Waals surface area contributed by atoms with Gasteiger partial charge in [0.2, 0.25) is 0 Å². The van der Waals surface area contributed by atoms with Crippen LogP contribution in [-0.2, 0) is 9.47 Å². The Kier molecular flexibility index (Phi) is 9.07. The lowest BCUT2D eigenvalue weighted by Crippen LogP contribution is -2.41. The van der Waals surface area contributed by atoms with Crippen LogP contribution in [-0.4, -0.2) is 76.1 Å². The van der Waals surface area contributed by atoms with E-state index in [-0.39, 0.29) is 24.0 Å². The molecule has 0 radical (unpaired) electrons. The number of rotatable bonds is 8. The minimum absolute atomic E-state index is 0. The van der Waals surface area contributed by atoms with Crippen molar-refractivity contribution in [3.05, 3.63) is 0 Å². The van der Waals surface area contributed by atoms with Crippen molar-refractivity contribution in [2.75, 3.05) is 53.0 Å². The number of ether oxygens (including phenoxy) is 2. The average Bonchev–Trinajstić information content (AvgIpc) is 3.09. The Bertz CT molecular complexity index is 387. The van der Waals surface area contributed by atoms with E-state index in [2.05, 4.69) is 20.5 Å². The molecule has 0 amide bonds. The summed E-state index contributed by atoms with van der Waals surface area (Å²) < 4.78 is 11.1. The zero-order valence-corrected chi connectivity index (χ0v) is 17.2. The Morgan fingerprint density at radius 3 is 2.83 bits per heavy atom. The summed E-state index contributed by atoms with van der Waals surface area (Å²) in [6, 6.07) is 0.905. The second-order valence-corrected chi connectivity index (χ2v) is 6.97. The van der Waals surface area contributed by atoms with Crippen molar-refractivity contribution in [2.45, 2.75) is 44.2 Å². The third kappa shape index (κ3) is 6.65. The van der Waals surface area contributed by atoms with Crippen LogP contribution in [0.3, 0.4) is 0 Å². The van der Waals surface area contributed by atoms with Gasteiger partial charge in [0.1, 0.15) is 0 Å². The Morgan fingerprint density at radius 1 is 1.25 bits per heavy atom. The van der Waals surface area contributed by atoms with E-state index in [0.717, 1.165) is 63.7 Å². The molecular formula is C17H33IN4O2. The lowest BCUT2D eigenvalue weighted by molar-refractivity contribution is 0.0420. The normalized spacial score (nSPS) is 28.0. The third-order valence-electron chi connectivity index (χ3n) is 5.02. The number of hydrogen-bond acceptors (Lipinski definition) is 4. The van der Waals surface area contributed by atoms with Crippen LogP contribution in [0.15, 0.2) is 4.99 Å². The van der Waals surface area contributed by atoms with Gasteiger partial charge in [-0.2, -0.15) is 0 Å². The fraction of sp³-hybridized carbons (Fsp3) is 0.941. The summed E-state index contributed by atoms with van der Waals surface area (Å²) in [5.41, 5.74) is 0. The quantitative estimate of drug-likeness (QED) is 0.253. The van der Waals surface area contributed by atoms with Crippen LogP contribution in [0.5, 0.6) is 0 Å². The van der Waals surface area contributed by atoms with E-state index < -0.39 is 0 Å². The molecule has 3 rings (SSSR count). The molecule has 2 saturated heterocycles. The fourth-order valence-corrected chi connectivity index (χ4v) is 3.44. The molecule has 3 aliphatic rings. The summed E-state index contributed by atoms with van der Waals surface area (Å²) in [6.07, 6.45) is 6.49. The summed E-state index contributed by atoms with van der Waals surface area (Å²) >= 11 is 0. The molecule has 0 aromatic heterocycles. The van der Waals surface area contributed by atoms with Gasteiger partial charge in [-0.1, -0.05) is 0 Å². The Morgan fingerprint density at radius 2 is 2.12 bits per heavy atom. The maximum absolute atomic E-state index is 5.77. The smallest absolute Gasteiger partial charge is 0.190 e. The van der Waals surface area contributed by atoms with E-state index in [4.69, 9.17) is 9.47 Å². The Balaban J connectivity index is 0.00000208. The van der Waals surface area contributed by atoms with Crippen molar-refractivity contribution in [2.24, 2.45) is 10.9 Å². The molecule has 3 fully saturated rings. The Hall–Kier alpha value is -0.120. The largest absolute Gasteiger partial charge is 0.379 e. The molecule has 2 N–H and O–H groups in total. The molecule has 2 unspecified atom stereocenters. The molecule has 0 bridgehead atoms. The molecule has 1 aliphatic carbocycles. The van der Waals surface area contributed by atoms with Gasteiger partial charge in [-0.05, 0) is 44.6 Å². The van der Waals surface area contributed by atoms with Gasteiger partial charge in [-0.15, -0.1) is 24.0 Å². The molecule has 2 atom stereocenters. The third-order valence-corrected chi connectivity index (χ3v) is 5.02. The molecule has 1 saturated carbocycles. The highest BCUT2D eigenvalue weighted by atomic mass is 127. The minimum atomic E-state index is 0. The maximum Gasteiger partial charge on any atom is 0.190 e. The molecule has 2 aliphatic heterocycles. The summed E-state index contributed by atoms with van der Waals surface area (Å²) in [5, 5.41) is 6.85. The van der Waals surface area contributed by atoms with Crippen LogP contribution in [0, 0.1) is 5.92 Å². The van der Waals surface area contributed by atoms with Crippen molar-refractivity contribution < 1.29 is 9.47 Å². The van der Waals surface area contributed by atoms with Crippen LogP contribution >= 0.6 is 24.0 Å². The van der Waals surface area contributed by atoms with Gasteiger partial charge >= 0.3 is 0 Å². The van der Waals surface area contributed by atoms with Crippen molar-refractivity contribution >= 4 is 29.9 Å². The number of likely N-dealkylation sites (tertiary alicyclic amines) is 1. The molecule has 2 heterocycles. The average molecular weight is 452 g/mol. The van der Waals surface area contributed by atoms with Gasteiger partial charge in [0.05, 0.1) is 12.7 Å². The van der Waals surface area contributed by atoms with Gasteiger partial charge in [0.25, 0.3) is 0 Å². The van der Waals surface area contributed by atoms with Crippen molar-refractivity contribution in [3.63, 3.8) is 0 Å². The first-order valence-electron chi connectivity index (χ1n) is 9.23. The second kappa shape index (κ2) is 10.8. The summed E-state index contributed by atoms with van der Waals surface area (Å²) in [6.45, 7) is 6.86. The summed E-state index contributed by atoms with van der Waals surface area (Å²) in [5.74, 6) is 1.68. The summed E-state index contributed by atoms with van der Waals surface area (Å²) in [4.78, 5) is 6.97. The Labute approximate surface area is 163 Å². The summed E-state index contributed by atoms with van der Waals surface area (Å²) in [7, 11) is 1.84. The number of nitrogens with one attached hydrogen (secondary N) is 2. The predicted molar refractivity (Wildman–Crippen MR) is 107 cm³/mol. The topological polar surface area (TPSA) is 58.1 Å². The highest BCUT2D eigenvalue weighted by Gasteiger charge is 2.34. The number of nitrogens with zero attached hydrogens (tertiary/aromatic N) is 2. The first-order chi connectivity index (χ1) is 11.3. The molecule has 7 heteroatoms. The van der Waals surface area contributed by atoms with Gasteiger partial charge in [-0.25, -0.2) is 0 Å². The molecule has 0 aromatic rings. The van der Waals surface area contributed by atoms with E-state index in [0.29, 0.717) is 6.10 Å². The highest BCUT2D eigenvalue weighted by molar-refractivity contribution is 14.0. The van der Waals surface area contributed by atoms with Gasteiger partial charge in [0, 0.05) is 45.9 Å². The number of halogens is 1. The van der Waals surface area contributed by atoms with Crippen molar-refractivity contribution in [1.82, 2.24) is 15.5 Å². The van der Waals surface area contributed by atoms with Crippen molar-refractivity contribution in [3.8, 4) is 0 Å². The first-order valence-corrected chi connectivity index (χ1v) is 9.23. The predicted octanol–water partition coefficient (Wildman–Crippen LogP) is 1.45. The van der Waals surface area contributed by atoms with E-state index in [1.54, 1.807) is 0 Å². The lowest BCUT2D eigenvalue weighted by atomic mass is 10.1. The van der Waals surface area contributed by atoms with Gasteiger partial charge in [-0.3, -0.25) is 4.99 Å². The van der Waals surface area contributed by atoms with E-state index in [1.165, 1.54) is 32.4 Å². The van der Waals surface area contributed by atoms with Crippen molar-refractivity contribution in [1.29, 1.82) is 0 Å². The monoisotopic (exact) mass is 452 g/mol. The standard InChI is InChI=1S/C17H32N4O2.HI/c1-18-17(19-7-2-9-23-16-6-10-22-13-16)20-11-14-5-8-21(12-14)15-3-4-15;/h14-16H,2-13H2,1H3,(H2,18,19,20);1H. The van der Waals surface area contributed by atoms with Gasteiger partial charge < -0.3 is 25.0 Å². The zero-order chi connectivity index (χ0) is 15.9. The molecule has 140 valence electrons. The molecule has 24 heavy (non-hydrogen) atoms. The highest BCUT2D eigenvalue weighted by Crippen LogP contribution is 2.31. The molecule has 6 nitrogen and oxygen atoms in total. The SMILES string of the molecule is CN=C(NCCCOC1CCOC1)NCC1CCN(C2CC2)C1.I. The zero-order valence-electron chi connectivity index (χ0n) is 14.8. The van der Waals surface area contributed by atoms with E-state index >= 15 is 0 Å². The molecular weight excluding hydrogens is 419 g/mol. The van der Waals surface area contributed by atoms with Gasteiger partial charge in [0.15, 0.2) is 5.96 Å². The molecule has 0 aromatic carbocycles. The number of aliphatic imine (C=N–C) groups is 1. The van der Waals surface area contributed by atoms with E-state index in [9.17, 15) is 0 Å². The van der Waals surface area contributed by atoms with Crippen LogP contribution in [0.2, 0.25) is 0 Å².